The molecule has 11 heteroatoms. The zero-order chi connectivity index (χ0) is 24.1. The lowest BCUT2D eigenvalue weighted by Crippen LogP contribution is -2.53. The molecule has 0 spiro atoms. The van der Waals surface area contributed by atoms with Gasteiger partial charge in [0.25, 0.3) is 0 Å². The van der Waals surface area contributed by atoms with Crippen molar-refractivity contribution in [3.8, 4) is 5.95 Å². The number of piperazine rings is 1. The topological polar surface area (TPSA) is 105 Å². The summed E-state index contributed by atoms with van der Waals surface area (Å²) >= 11 is 12.2. The van der Waals surface area contributed by atoms with E-state index in [1.807, 2.05) is 24.0 Å². The number of carbonyl (C=O) groups is 2. The van der Waals surface area contributed by atoms with Gasteiger partial charge in [0, 0.05) is 56.0 Å². The molecule has 34 heavy (non-hydrogen) atoms. The molecule has 3 aromatic rings. The van der Waals surface area contributed by atoms with Crippen molar-refractivity contribution < 1.29 is 9.59 Å². The number of nitrogens with zero attached hydrogens (tertiary/aromatic N) is 5. The number of benzene rings is 1. The Morgan fingerprint density at radius 1 is 1.21 bits per heavy atom. The highest BCUT2D eigenvalue weighted by atomic mass is 35.5. The van der Waals surface area contributed by atoms with E-state index in [0.717, 1.165) is 12.1 Å². The van der Waals surface area contributed by atoms with Gasteiger partial charge in [-0.1, -0.05) is 42.3 Å². The highest BCUT2D eigenvalue weighted by Gasteiger charge is 2.27. The number of amides is 2. The van der Waals surface area contributed by atoms with E-state index in [1.165, 1.54) is 0 Å². The van der Waals surface area contributed by atoms with Gasteiger partial charge in [-0.3, -0.25) is 19.5 Å². The minimum absolute atomic E-state index is 0.0392. The number of aromatic nitrogens is 4. The van der Waals surface area contributed by atoms with Gasteiger partial charge >= 0.3 is 0 Å². The molecule has 2 atom stereocenters. The second kappa shape index (κ2) is 10.9. The molecule has 1 aliphatic heterocycles. The highest BCUT2D eigenvalue weighted by Crippen LogP contribution is 2.23. The van der Waals surface area contributed by atoms with E-state index in [9.17, 15) is 9.59 Å². The van der Waals surface area contributed by atoms with Crippen molar-refractivity contribution in [3.63, 3.8) is 0 Å². The van der Waals surface area contributed by atoms with Crippen LogP contribution in [0.15, 0.2) is 49.1 Å². The number of nitrogens with one attached hydrogen (secondary N) is 2. The fraction of sp³-hybridized carbons (Fsp3) is 0.348. The number of imidazole rings is 1. The zero-order valence-electron chi connectivity index (χ0n) is 18.6. The third-order valence-electron chi connectivity index (χ3n) is 5.68. The number of rotatable bonds is 7. The Bertz CT molecular complexity index is 1140. The number of hydrogen-bond acceptors (Lipinski definition) is 7. The van der Waals surface area contributed by atoms with Gasteiger partial charge in [-0.2, -0.15) is 4.98 Å². The monoisotopic (exact) mass is 501 g/mol. The first kappa shape index (κ1) is 24.1. The first-order valence-corrected chi connectivity index (χ1v) is 11.7. The van der Waals surface area contributed by atoms with E-state index in [2.05, 4.69) is 25.6 Å². The summed E-state index contributed by atoms with van der Waals surface area (Å²) in [5, 5.41) is 6.76. The maximum absolute atomic E-state index is 12.7. The van der Waals surface area contributed by atoms with Gasteiger partial charge in [0.15, 0.2) is 0 Å². The van der Waals surface area contributed by atoms with Crippen LogP contribution in [0.2, 0.25) is 10.2 Å². The van der Waals surface area contributed by atoms with Crippen molar-refractivity contribution in [1.29, 1.82) is 0 Å². The van der Waals surface area contributed by atoms with Crippen LogP contribution in [-0.2, 0) is 9.59 Å². The summed E-state index contributed by atoms with van der Waals surface area (Å²) in [5.74, 6) is 0.332. The Morgan fingerprint density at radius 3 is 2.74 bits per heavy atom. The van der Waals surface area contributed by atoms with E-state index < -0.39 is 0 Å². The summed E-state index contributed by atoms with van der Waals surface area (Å²) < 4.78 is 1.67. The largest absolute Gasteiger partial charge is 0.350 e. The summed E-state index contributed by atoms with van der Waals surface area (Å²) in [7, 11) is 0. The van der Waals surface area contributed by atoms with Crippen molar-refractivity contribution in [2.75, 3.05) is 24.5 Å². The summed E-state index contributed by atoms with van der Waals surface area (Å²) in [4.78, 5) is 40.1. The Morgan fingerprint density at radius 2 is 2.00 bits per heavy atom. The molecule has 3 heterocycles. The van der Waals surface area contributed by atoms with Crippen LogP contribution in [0.25, 0.3) is 5.95 Å². The molecule has 0 saturated carbocycles. The van der Waals surface area contributed by atoms with E-state index in [-0.39, 0.29) is 36.6 Å². The minimum atomic E-state index is -0.331. The van der Waals surface area contributed by atoms with Gasteiger partial charge in [0.1, 0.15) is 17.3 Å². The van der Waals surface area contributed by atoms with Crippen molar-refractivity contribution in [1.82, 2.24) is 30.2 Å². The third-order valence-corrected chi connectivity index (χ3v) is 6.13. The highest BCUT2D eigenvalue weighted by molar-refractivity contribution is 6.30. The molecule has 1 fully saturated rings. The fourth-order valence-corrected chi connectivity index (χ4v) is 4.24. The fourth-order valence-electron chi connectivity index (χ4n) is 3.94. The standard InChI is InChI=1S/C23H25Cl2N7O2/c1-15(16-2-4-17(24)5-3-16)10-21(33)30-22(34)11-18-13-26-7-9-32(18)20-12-19(25)28-23(29-20)31-8-6-27-14-31/h2-6,8,12,14-15,18,26H,7,9-11,13H2,1H3,(H,30,33,34). The Balaban J connectivity index is 1.39. The van der Waals surface area contributed by atoms with Crippen molar-refractivity contribution in [2.24, 2.45) is 0 Å². The molecule has 1 aromatic carbocycles. The van der Waals surface area contributed by atoms with Crippen LogP contribution in [0.5, 0.6) is 0 Å². The van der Waals surface area contributed by atoms with Crippen LogP contribution < -0.4 is 15.5 Å². The van der Waals surface area contributed by atoms with Crippen LogP contribution in [0.4, 0.5) is 5.82 Å². The number of carbonyl (C=O) groups excluding carboxylic acids is 2. The average molecular weight is 502 g/mol. The Labute approximate surface area is 207 Å². The lowest BCUT2D eigenvalue weighted by atomic mass is 9.97. The number of anilines is 1. The molecular formula is C23H25Cl2N7O2. The van der Waals surface area contributed by atoms with Gasteiger partial charge in [-0.25, -0.2) is 9.97 Å². The van der Waals surface area contributed by atoms with Crippen LogP contribution in [0.3, 0.4) is 0 Å². The van der Waals surface area contributed by atoms with Crippen molar-refractivity contribution in [3.05, 3.63) is 64.8 Å². The number of halogens is 2. The summed E-state index contributed by atoms with van der Waals surface area (Å²) in [6.07, 6.45) is 5.29. The Kier molecular flexibility index (Phi) is 7.77. The van der Waals surface area contributed by atoms with E-state index >= 15 is 0 Å². The quantitative estimate of drug-likeness (QED) is 0.479. The Hall–Kier alpha value is -3.01. The van der Waals surface area contributed by atoms with Gasteiger partial charge in [-0.15, -0.1) is 0 Å². The van der Waals surface area contributed by atoms with Crippen LogP contribution in [-0.4, -0.2) is 57.0 Å². The predicted octanol–water partition coefficient (Wildman–Crippen LogP) is 2.97. The number of imide groups is 1. The molecule has 2 unspecified atom stereocenters. The normalized spacial score (nSPS) is 16.8. The molecule has 0 aliphatic carbocycles. The first-order chi connectivity index (χ1) is 16.4. The maximum Gasteiger partial charge on any atom is 0.238 e. The lowest BCUT2D eigenvalue weighted by molar-refractivity contribution is -0.130. The smallest absolute Gasteiger partial charge is 0.238 e. The summed E-state index contributed by atoms with van der Waals surface area (Å²) in [5.41, 5.74) is 0.990. The molecule has 2 N–H and O–H groups in total. The maximum atomic E-state index is 12.7. The molecule has 1 aliphatic rings. The van der Waals surface area contributed by atoms with Gasteiger partial charge < -0.3 is 10.2 Å². The van der Waals surface area contributed by atoms with E-state index in [1.54, 1.807) is 41.5 Å². The van der Waals surface area contributed by atoms with Crippen molar-refractivity contribution >= 4 is 40.8 Å². The third kappa shape index (κ3) is 6.11. The average Bonchev–Trinajstić information content (AvgIpc) is 3.34. The minimum Gasteiger partial charge on any atom is -0.350 e. The zero-order valence-corrected chi connectivity index (χ0v) is 20.1. The summed E-state index contributed by atoms with van der Waals surface area (Å²) in [6.45, 7) is 3.88. The van der Waals surface area contributed by atoms with Gasteiger partial charge in [0.05, 0.1) is 6.04 Å². The second-order valence-corrected chi connectivity index (χ2v) is 9.03. The lowest BCUT2D eigenvalue weighted by Gasteiger charge is -2.37. The second-order valence-electron chi connectivity index (χ2n) is 8.20. The first-order valence-electron chi connectivity index (χ1n) is 11.0. The molecule has 0 radical (unpaired) electrons. The predicted molar refractivity (Wildman–Crippen MR) is 130 cm³/mol. The van der Waals surface area contributed by atoms with Crippen molar-refractivity contribution in [2.45, 2.75) is 31.7 Å². The van der Waals surface area contributed by atoms with Gasteiger partial charge in [-0.05, 0) is 23.6 Å². The molecule has 178 valence electrons. The molecule has 1 saturated heterocycles. The molecule has 4 rings (SSSR count). The van der Waals surface area contributed by atoms with Gasteiger partial charge in [0.2, 0.25) is 17.8 Å². The molecule has 2 amide bonds. The number of hydrogen-bond donors (Lipinski definition) is 2. The van der Waals surface area contributed by atoms with Crippen LogP contribution >= 0.6 is 23.2 Å². The molecule has 0 bridgehead atoms. The molecular weight excluding hydrogens is 477 g/mol. The van der Waals surface area contributed by atoms with Crippen LogP contribution in [0.1, 0.15) is 31.2 Å². The molecule has 9 nitrogen and oxygen atoms in total. The SMILES string of the molecule is CC(CC(=O)NC(=O)CC1CNCCN1c1cc(Cl)nc(-n2ccnc2)n1)c1ccc(Cl)cc1. The van der Waals surface area contributed by atoms with E-state index in [0.29, 0.717) is 35.0 Å². The molecule has 2 aromatic heterocycles. The summed E-state index contributed by atoms with van der Waals surface area (Å²) in [6, 6.07) is 8.84. The van der Waals surface area contributed by atoms with Crippen LogP contribution in [0, 0.1) is 0 Å². The van der Waals surface area contributed by atoms with E-state index in [4.69, 9.17) is 23.2 Å².